The summed E-state index contributed by atoms with van der Waals surface area (Å²) in [6, 6.07) is 5.67. The maximum atomic E-state index is 6.05. The maximum absolute atomic E-state index is 6.05. The number of nitrogens with two attached hydrogens (primary N) is 1. The summed E-state index contributed by atoms with van der Waals surface area (Å²) in [4.78, 5) is 0. The predicted molar refractivity (Wildman–Crippen MR) is 82.4 cm³/mol. The molecule has 112 valence electrons. The average molecular weight is 318 g/mol. The molecule has 3 nitrogen and oxygen atoms in total. The summed E-state index contributed by atoms with van der Waals surface area (Å²) < 4.78 is 11.3. The third-order valence-electron chi connectivity index (χ3n) is 3.61. The van der Waals surface area contributed by atoms with Gasteiger partial charge in [-0.25, -0.2) is 0 Å². The third kappa shape index (κ3) is 4.61. The van der Waals surface area contributed by atoms with E-state index < -0.39 is 0 Å². The molecule has 0 spiro atoms. The molecular formula is C15H21Cl2NO2. The van der Waals surface area contributed by atoms with Crippen molar-refractivity contribution in [2.75, 3.05) is 19.8 Å². The summed E-state index contributed by atoms with van der Waals surface area (Å²) >= 11 is 12.0. The van der Waals surface area contributed by atoms with Crippen LogP contribution in [0.3, 0.4) is 0 Å². The van der Waals surface area contributed by atoms with Crippen LogP contribution >= 0.6 is 23.2 Å². The SMILES string of the molecule is NC[C@H](CCO[C@H]1CCCCO1)c1ccc(Cl)c(Cl)c1. The molecule has 5 heteroatoms. The largest absolute Gasteiger partial charge is 0.353 e. The van der Waals surface area contributed by atoms with Gasteiger partial charge in [-0.1, -0.05) is 29.3 Å². The summed E-state index contributed by atoms with van der Waals surface area (Å²) in [7, 11) is 0. The van der Waals surface area contributed by atoms with E-state index in [2.05, 4.69) is 0 Å². The van der Waals surface area contributed by atoms with Crippen LogP contribution in [-0.4, -0.2) is 26.0 Å². The first-order chi connectivity index (χ1) is 9.70. The average Bonchev–Trinajstić information content (AvgIpc) is 2.48. The van der Waals surface area contributed by atoms with Crippen LogP contribution in [0.1, 0.15) is 37.2 Å². The van der Waals surface area contributed by atoms with Crippen LogP contribution < -0.4 is 5.73 Å². The molecule has 1 aliphatic rings. The van der Waals surface area contributed by atoms with Crippen LogP contribution in [0.2, 0.25) is 10.0 Å². The van der Waals surface area contributed by atoms with Crippen LogP contribution in [0.25, 0.3) is 0 Å². The number of hydrogen-bond donors (Lipinski definition) is 1. The van der Waals surface area contributed by atoms with Gasteiger partial charge in [-0.2, -0.15) is 0 Å². The lowest BCUT2D eigenvalue weighted by molar-refractivity contribution is -0.163. The Morgan fingerprint density at radius 1 is 1.30 bits per heavy atom. The molecule has 0 saturated carbocycles. The van der Waals surface area contributed by atoms with Crippen molar-refractivity contribution >= 4 is 23.2 Å². The molecule has 0 unspecified atom stereocenters. The van der Waals surface area contributed by atoms with Gasteiger partial charge in [-0.15, -0.1) is 0 Å². The molecule has 1 aliphatic heterocycles. The quantitative estimate of drug-likeness (QED) is 0.863. The van der Waals surface area contributed by atoms with E-state index in [-0.39, 0.29) is 12.2 Å². The molecule has 0 radical (unpaired) electrons. The van der Waals surface area contributed by atoms with Crippen molar-refractivity contribution in [3.8, 4) is 0 Å². The van der Waals surface area contributed by atoms with Crippen LogP contribution in [0.15, 0.2) is 18.2 Å². The zero-order valence-electron chi connectivity index (χ0n) is 11.5. The van der Waals surface area contributed by atoms with E-state index in [0.717, 1.165) is 31.4 Å². The zero-order valence-corrected chi connectivity index (χ0v) is 13.0. The highest BCUT2D eigenvalue weighted by Crippen LogP contribution is 2.28. The first-order valence-corrected chi connectivity index (χ1v) is 7.84. The highest BCUT2D eigenvalue weighted by Gasteiger charge is 2.16. The molecule has 0 bridgehead atoms. The molecule has 2 rings (SSSR count). The predicted octanol–water partition coefficient (Wildman–Crippen LogP) is 3.97. The number of benzene rings is 1. The van der Waals surface area contributed by atoms with Crippen LogP contribution in [0.5, 0.6) is 0 Å². The number of halogens is 2. The van der Waals surface area contributed by atoms with Crippen LogP contribution in [0.4, 0.5) is 0 Å². The van der Waals surface area contributed by atoms with Crippen molar-refractivity contribution in [1.29, 1.82) is 0 Å². The van der Waals surface area contributed by atoms with Gasteiger partial charge in [0.1, 0.15) is 0 Å². The Morgan fingerprint density at radius 3 is 2.80 bits per heavy atom. The van der Waals surface area contributed by atoms with Crippen LogP contribution in [0, 0.1) is 0 Å². The Hall–Kier alpha value is -0.320. The summed E-state index contributed by atoms with van der Waals surface area (Å²) in [5.41, 5.74) is 6.96. The van der Waals surface area contributed by atoms with Gasteiger partial charge in [0.2, 0.25) is 0 Å². The monoisotopic (exact) mass is 317 g/mol. The number of rotatable bonds is 6. The van der Waals surface area contributed by atoms with Gasteiger partial charge in [0.05, 0.1) is 16.7 Å². The molecule has 0 aromatic heterocycles. The second kappa shape index (κ2) is 8.20. The van der Waals surface area contributed by atoms with Crippen molar-refractivity contribution in [1.82, 2.24) is 0 Å². The number of hydrogen-bond acceptors (Lipinski definition) is 3. The van der Waals surface area contributed by atoms with Gasteiger partial charge in [-0.3, -0.25) is 0 Å². The first kappa shape index (κ1) is 16.1. The van der Waals surface area contributed by atoms with E-state index in [1.807, 2.05) is 18.2 Å². The standard InChI is InChI=1S/C15H21Cl2NO2/c16-13-5-4-11(9-14(13)17)12(10-18)6-8-20-15-3-1-2-7-19-15/h4-5,9,12,15H,1-3,6-8,10,18H2/t12-,15-/m0/s1. The molecule has 2 atom stereocenters. The summed E-state index contributed by atoms with van der Waals surface area (Å²) in [5.74, 6) is 0.230. The second-order valence-electron chi connectivity index (χ2n) is 5.06. The van der Waals surface area contributed by atoms with Gasteiger partial charge in [0, 0.05) is 6.61 Å². The molecular weight excluding hydrogens is 297 g/mol. The van der Waals surface area contributed by atoms with Gasteiger partial charge in [0.25, 0.3) is 0 Å². The summed E-state index contributed by atoms with van der Waals surface area (Å²) in [5, 5.41) is 1.14. The minimum Gasteiger partial charge on any atom is -0.353 e. The third-order valence-corrected chi connectivity index (χ3v) is 4.35. The van der Waals surface area contributed by atoms with E-state index in [1.165, 1.54) is 6.42 Å². The molecule has 20 heavy (non-hydrogen) atoms. The van der Waals surface area contributed by atoms with Gasteiger partial charge in [0.15, 0.2) is 6.29 Å². The smallest absolute Gasteiger partial charge is 0.157 e. The Morgan fingerprint density at radius 2 is 2.15 bits per heavy atom. The van der Waals surface area contributed by atoms with E-state index in [0.29, 0.717) is 23.2 Å². The fraction of sp³-hybridized carbons (Fsp3) is 0.600. The topological polar surface area (TPSA) is 44.5 Å². The molecule has 0 aliphatic carbocycles. The highest BCUT2D eigenvalue weighted by atomic mass is 35.5. The van der Waals surface area contributed by atoms with Gasteiger partial charge in [-0.05, 0) is 55.8 Å². The Kier molecular flexibility index (Phi) is 6.59. The van der Waals surface area contributed by atoms with Crippen molar-refractivity contribution in [2.45, 2.75) is 37.9 Å². The normalized spacial score (nSPS) is 20.9. The van der Waals surface area contributed by atoms with E-state index >= 15 is 0 Å². The van der Waals surface area contributed by atoms with E-state index in [4.69, 9.17) is 38.4 Å². The minimum absolute atomic E-state index is 0.0454. The van der Waals surface area contributed by atoms with E-state index in [1.54, 1.807) is 0 Å². The van der Waals surface area contributed by atoms with E-state index in [9.17, 15) is 0 Å². The summed E-state index contributed by atoms with van der Waals surface area (Å²) in [6.07, 6.45) is 4.11. The Bertz CT molecular complexity index is 422. The molecule has 1 heterocycles. The Balaban J connectivity index is 1.83. The highest BCUT2D eigenvalue weighted by molar-refractivity contribution is 6.42. The van der Waals surface area contributed by atoms with Gasteiger partial charge < -0.3 is 15.2 Å². The molecule has 1 saturated heterocycles. The molecule has 1 fully saturated rings. The maximum Gasteiger partial charge on any atom is 0.157 e. The fourth-order valence-corrected chi connectivity index (χ4v) is 2.68. The summed E-state index contributed by atoms with van der Waals surface area (Å²) in [6.45, 7) is 2.01. The lowest BCUT2D eigenvalue weighted by atomic mass is 9.96. The first-order valence-electron chi connectivity index (χ1n) is 7.09. The fourth-order valence-electron chi connectivity index (χ4n) is 2.37. The lowest BCUT2D eigenvalue weighted by Crippen LogP contribution is -2.24. The Labute approximate surface area is 130 Å². The molecule has 2 N–H and O–H groups in total. The molecule has 1 aromatic rings. The second-order valence-corrected chi connectivity index (χ2v) is 5.88. The van der Waals surface area contributed by atoms with Crippen molar-refractivity contribution in [2.24, 2.45) is 5.73 Å². The molecule has 1 aromatic carbocycles. The molecule has 0 amide bonds. The van der Waals surface area contributed by atoms with Crippen molar-refractivity contribution < 1.29 is 9.47 Å². The zero-order chi connectivity index (χ0) is 14.4. The number of ether oxygens (including phenoxy) is 2. The van der Waals surface area contributed by atoms with Gasteiger partial charge >= 0.3 is 0 Å². The van der Waals surface area contributed by atoms with Crippen molar-refractivity contribution in [3.05, 3.63) is 33.8 Å². The lowest BCUT2D eigenvalue weighted by Gasteiger charge is -2.24. The minimum atomic E-state index is -0.0454. The van der Waals surface area contributed by atoms with Crippen molar-refractivity contribution in [3.63, 3.8) is 0 Å². The van der Waals surface area contributed by atoms with Crippen LogP contribution in [-0.2, 0) is 9.47 Å².